The van der Waals surface area contributed by atoms with Crippen LogP contribution in [0.5, 0.6) is 23.1 Å². The smallest absolute Gasteiger partial charge is 0.263 e. The standard InChI is InChI=1S/C23H23N3O5S/c1-24-10-9-13-11-15-19(31-12-30-15)20(29-3)16(13)18(24)17-21(27)25(2)23(32)26(22(17)28)14-7-5-4-6-8-14/h4-8,11,18,27H,9-10,12H2,1-3H3/p-1. The number of nitrogens with zero attached hydrogens (tertiary/aromatic N) is 3. The van der Waals surface area contributed by atoms with Gasteiger partial charge in [-0.15, -0.1) is 0 Å². The van der Waals surface area contributed by atoms with Gasteiger partial charge in [0.15, 0.2) is 16.3 Å². The van der Waals surface area contributed by atoms with E-state index in [4.69, 9.17) is 26.4 Å². The predicted octanol–water partition coefficient (Wildman–Crippen LogP) is 2.29. The van der Waals surface area contributed by atoms with Crippen molar-refractivity contribution in [1.82, 2.24) is 14.0 Å². The Bertz CT molecular complexity index is 1330. The van der Waals surface area contributed by atoms with Crippen molar-refractivity contribution in [2.45, 2.75) is 12.5 Å². The van der Waals surface area contributed by atoms with E-state index < -0.39 is 17.5 Å². The number of ether oxygens (including phenoxy) is 3. The lowest BCUT2D eigenvalue weighted by Crippen LogP contribution is -2.40. The normalized spacial score (nSPS) is 17.3. The number of fused-ring (bicyclic) bond motifs is 2. The first kappa shape index (κ1) is 20.6. The average Bonchev–Trinajstić information content (AvgIpc) is 3.27. The largest absolute Gasteiger partial charge is 0.860 e. The fourth-order valence-electron chi connectivity index (χ4n) is 4.55. The van der Waals surface area contributed by atoms with Crippen LogP contribution in [0.15, 0.2) is 41.2 Å². The molecule has 3 aromatic rings. The summed E-state index contributed by atoms with van der Waals surface area (Å²) in [4.78, 5) is 15.8. The van der Waals surface area contributed by atoms with Crippen LogP contribution in [0.25, 0.3) is 5.69 Å². The van der Waals surface area contributed by atoms with Crippen LogP contribution in [0, 0.1) is 4.77 Å². The number of benzene rings is 2. The predicted molar refractivity (Wildman–Crippen MR) is 119 cm³/mol. The molecule has 2 aromatic carbocycles. The molecule has 1 atom stereocenters. The summed E-state index contributed by atoms with van der Waals surface area (Å²) >= 11 is 5.48. The second kappa shape index (κ2) is 7.68. The summed E-state index contributed by atoms with van der Waals surface area (Å²) in [6.07, 6.45) is 0.724. The van der Waals surface area contributed by atoms with Crippen molar-refractivity contribution in [1.29, 1.82) is 0 Å². The van der Waals surface area contributed by atoms with Crippen molar-refractivity contribution in [3.63, 3.8) is 0 Å². The topological polar surface area (TPSA) is 80.9 Å². The van der Waals surface area contributed by atoms with Crippen molar-refractivity contribution in [3.8, 4) is 28.8 Å². The van der Waals surface area contributed by atoms with Gasteiger partial charge in [-0.1, -0.05) is 18.2 Å². The van der Waals surface area contributed by atoms with Crippen LogP contribution in [-0.2, 0) is 13.5 Å². The lowest BCUT2D eigenvalue weighted by molar-refractivity contribution is -0.281. The summed E-state index contributed by atoms with van der Waals surface area (Å²) in [5.41, 5.74) is 2.00. The van der Waals surface area contributed by atoms with Gasteiger partial charge in [0.25, 0.3) is 5.56 Å². The Morgan fingerprint density at radius 3 is 2.62 bits per heavy atom. The van der Waals surface area contributed by atoms with Crippen molar-refractivity contribution in [3.05, 3.63) is 68.2 Å². The molecule has 0 saturated heterocycles. The molecule has 2 aliphatic rings. The Morgan fingerprint density at radius 2 is 1.91 bits per heavy atom. The molecule has 1 unspecified atom stereocenters. The molecule has 0 amide bonds. The molecule has 0 N–H and O–H groups in total. The van der Waals surface area contributed by atoms with Gasteiger partial charge in [0.2, 0.25) is 12.5 Å². The molecular weight excluding hydrogens is 430 g/mol. The second-order valence-corrected chi connectivity index (χ2v) is 8.25. The van der Waals surface area contributed by atoms with E-state index in [1.54, 1.807) is 26.3 Å². The highest BCUT2D eigenvalue weighted by Gasteiger charge is 2.37. The molecule has 5 rings (SSSR count). The molecule has 0 bridgehead atoms. The van der Waals surface area contributed by atoms with Gasteiger partial charge >= 0.3 is 0 Å². The Labute approximate surface area is 189 Å². The quantitative estimate of drug-likeness (QED) is 0.564. The molecule has 8 nitrogen and oxygen atoms in total. The number of likely N-dealkylation sites (N-methyl/N-ethyl adjacent to an activating group) is 1. The zero-order valence-corrected chi connectivity index (χ0v) is 18.8. The van der Waals surface area contributed by atoms with Gasteiger partial charge < -0.3 is 23.9 Å². The van der Waals surface area contributed by atoms with Crippen LogP contribution in [0.3, 0.4) is 0 Å². The molecule has 0 spiro atoms. The minimum atomic E-state index is -0.625. The van der Waals surface area contributed by atoms with E-state index in [1.807, 2.05) is 36.2 Å². The Kier molecular flexibility index (Phi) is 4.94. The zero-order valence-electron chi connectivity index (χ0n) is 18.0. The minimum absolute atomic E-state index is 0.0995. The van der Waals surface area contributed by atoms with E-state index in [-0.39, 0.29) is 17.1 Å². The highest BCUT2D eigenvalue weighted by molar-refractivity contribution is 7.71. The summed E-state index contributed by atoms with van der Waals surface area (Å²) in [6.45, 7) is 0.756. The highest BCUT2D eigenvalue weighted by Crippen LogP contribution is 2.51. The molecule has 2 aliphatic heterocycles. The Morgan fingerprint density at radius 1 is 1.16 bits per heavy atom. The number of hydrogen-bond acceptors (Lipinski definition) is 7. The minimum Gasteiger partial charge on any atom is -0.860 e. The summed E-state index contributed by atoms with van der Waals surface area (Å²) in [7, 11) is 5.04. The number of rotatable bonds is 3. The summed E-state index contributed by atoms with van der Waals surface area (Å²) in [5.74, 6) is 1.17. The second-order valence-electron chi connectivity index (χ2n) is 7.89. The lowest BCUT2D eigenvalue weighted by atomic mass is 9.87. The van der Waals surface area contributed by atoms with Crippen LogP contribution in [0.4, 0.5) is 0 Å². The van der Waals surface area contributed by atoms with E-state index in [2.05, 4.69) is 0 Å². The third-order valence-corrected chi connectivity index (χ3v) is 6.59. The first-order valence-electron chi connectivity index (χ1n) is 10.2. The summed E-state index contributed by atoms with van der Waals surface area (Å²) in [6, 6.07) is 10.4. The fraction of sp³-hybridized carbons (Fsp3) is 0.304. The van der Waals surface area contributed by atoms with Crippen molar-refractivity contribution in [2.75, 3.05) is 27.5 Å². The number of aromatic nitrogens is 2. The molecule has 0 aliphatic carbocycles. The van der Waals surface area contributed by atoms with Crippen LogP contribution in [0.2, 0.25) is 0 Å². The van der Waals surface area contributed by atoms with Crippen LogP contribution < -0.4 is 24.9 Å². The maximum atomic E-state index is 13.8. The maximum Gasteiger partial charge on any atom is 0.263 e. The van der Waals surface area contributed by atoms with Gasteiger partial charge in [-0.2, -0.15) is 0 Å². The third-order valence-electron chi connectivity index (χ3n) is 6.13. The average molecular weight is 453 g/mol. The monoisotopic (exact) mass is 452 g/mol. The number of para-hydroxylation sites is 1. The van der Waals surface area contributed by atoms with Crippen LogP contribution in [0.1, 0.15) is 22.7 Å². The molecular formula is C23H22N3O5S-. The molecule has 1 aromatic heterocycles. The number of hydrogen-bond donors (Lipinski definition) is 0. The Hall–Kier alpha value is -3.30. The summed E-state index contributed by atoms with van der Waals surface area (Å²) < 4.78 is 19.9. The van der Waals surface area contributed by atoms with E-state index in [0.29, 0.717) is 29.5 Å². The van der Waals surface area contributed by atoms with Gasteiger partial charge in [-0.05, 0) is 55.3 Å². The van der Waals surface area contributed by atoms with E-state index in [1.165, 1.54) is 9.13 Å². The maximum absolute atomic E-state index is 13.8. The van der Waals surface area contributed by atoms with Gasteiger partial charge in [0, 0.05) is 24.7 Å². The van der Waals surface area contributed by atoms with Gasteiger partial charge in [-0.25, -0.2) is 0 Å². The first-order valence-corrected chi connectivity index (χ1v) is 10.6. The van der Waals surface area contributed by atoms with Gasteiger partial charge in [-0.3, -0.25) is 14.3 Å². The highest BCUT2D eigenvalue weighted by atomic mass is 32.1. The first-order chi connectivity index (χ1) is 15.4. The molecule has 0 saturated carbocycles. The van der Waals surface area contributed by atoms with Gasteiger partial charge in [0.05, 0.1) is 18.8 Å². The van der Waals surface area contributed by atoms with Crippen molar-refractivity contribution in [2.24, 2.45) is 7.05 Å². The fourth-order valence-corrected chi connectivity index (χ4v) is 4.82. The molecule has 166 valence electrons. The molecule has 32 heavy (non-hydrogen) atoms. The molecule has 0 radical (unpaired) electrons. The van der Waals surface area contributed by atoms with Crippen LogP contribution >= 0.6 is 12.2 Å². The van der Waals surface area contributed by atoms with E-state index >= 15 is 0 Å². The van der Waals surface area contributed by atoms with E-state index in [0.717, 1.165) is 17.5 Å². The SMILES string of the molecule is COc1c2c(cc3c1C(c1c([O-])n(C)c(=S)n(-c4ccccc4)c1=O)N(C)CC3)OCO2. The third kappa shape index (κ3) is 2.92. The Balaban J connectivity index is 1.83. The summed E-state index contributed by atoms with van der Waals surface area (Å²) in [5, 5.41) is 13.4. The molecule has 3 heterocycles. The van der Waals surface area contributed by atoms with Gasteiger partial charge in [0.1, 0.15) is 0 Å². The molecule has 0 fully saturated rings. The lowest BCUT2D eigenvalue weighted by Gasteiger charge is -2.38. The number of methoxy groups -OCH3 is 1. The zero-order chi connectivity index (χ0) is 22.6. The van der Waals surface area contributed by atoms with E-state index in [9.17, 15) is 9.90 Å². The van der Waals surface area contributed by atoms with Crippen LogP contribution in [-0.4, -0.2) is 41.5 Å². The van der Waals surface area contributed by atoms with Crippen molar-refractivity contribution < 1.29 is 19.3 Å². The van der Waals surface area contributed by atoms with Crippen molar-refractivity contribution >= 4 is 12.2 Å². The molecule has 9 heteroatoms.